The lowest BCUT2D eigenvalue weighted by molar-refractivity contribution is 0.102. The standard InChI is InChI=1S/C21H22N4O3S/c1-4-16-24-20-17(21(27)25(16)12-8-7-11-22)13(2)18(29-20)19(26)23-14-9-5-6-10-15(14)28-3/h5-6,9-10H,4,7-8,12H2,1-3H3,(H,23,26). The van der Waals surface area contributed by atoms with E-state index in [0.717, 1.165) is 0 Å². The number of nitrogens with zero attached hydrogens (tertiary/aromatic N) is 3. The van der Waals surface area contributed by atoms with Gasteiger partial charge in [0.05, 0.1) is 29.1 Å². The van der Waals surface area contributed by atoms with Crippen molar-refractivity contribution in [2.45, 2.75) is 39.7 Å². The van der Waals surface area contributed by atoms with E-state index in [9.17, 15) is 9.59 Å². The summed E-state index contributed by atoms with van der Waals surface area (Å²) in [7, 11) is 1.54. The maximum absolute atomic E-state index is 13.1. The Labute approximate surface area is 172 Å². The van der Waals surface area contributed by atoms with Gasteiger partial charge in [0.1, 0.15) is 16.4 Å². The van der Waals surface area contributed by atoms with Crippen molar-refractivity contribution in [2.75, 3.05) is 12.4 Å². The number of thiophene rings is 1. The smallest absolute Gasteiger partial charge is 0.266 e. The zero-order valence-corrected chi connectivity index (χ0v) is 17.4. The summed E-state index contributed by atoms with van der Waals surface area (Å²) in [5.74, 6) is 0.924. The second-order valence-corrected chi connectivity index (χ2v) is 7.49. The molecule has 29 heavy (non-hydrogen) atoms. The first-order valence-electron chi connectivity index (χ1n) is 9.35. The van der Waals surface area contributed by atoms with Crippen LogP contribution >= 0.6 is 11.3 Å². The number of fused-ring (bicyclic) bond motifs is 1. The molecule has 8 heteroatoms. The zero-order chi connectivity index (χ0) is 21.0. The van der Waals surface area contributed by atoms with E-state index in [1.165, 1.54) is 11.3 Å². The monoisotopic (exact) mass is 410 g/mol. The number of nitrogens with one attached hydrogen (secondary N) is 1. The van der Waals surface area contributed by atoms with Crippen LogP contribution < -0.4 is 15.6 Å². The van der Waals surface area contributed by atoms with Crippen LogP contribution in [0.4, 0.5) is 5.69 Å². The van der Waals surface area contributed by atoms with Gasteiger partial charge in [0.25, 0.3) is 11.5 Å². The third-order valence-corrected chi connectivity index (χ3v) is 5.86. The maximum atomic E-state index is 13.1. The first kappa shape index (κ1) is 20.6. The molecule has 150 valence electrons. The number of para-hydroxylation sites is 2. The molecule has 0 aliphatic heterocycles. The molecule has 0 aliphatic carbocycles. The number of aryl methyl sites for hydroxylation is 2. The Hall–Kier alpha value is -3.18. The molecule has 2 aromatic heterocycles. The summed E-state index contributed by atoms with van der Waals surface area (Å²) in [6.07, 6.45) is 1.56. The number of unbranched alkanes of at least 4 members (excludes halogenated alkanes) is 1. The van der Waals surface area contributed by atoms with Gasteiger partial charge < -0.3 is 10.1 Å². The van der Waals surface area contributed by atoms with Crippen LogP contribution in [-0.2, 0) is 13.0 Å². The van der Waals surface area contributed by atoms with Gasteiger partial charge in [-0.2, -0.15) is 5.26 Å². The van der Waals surface area contributed by atoms with Gasteiger partial charge in [-0.05, 0) is 31.0 Å². The number of amides is 1. The van der Waals surface area contributed by atoms with Gasteiger partial charge >= 0.3 is 0 Å². The van der Waals surface area contributed by atoms with E-state index in [1.54, 1.807) is 30.7 Å². The molecule has 0 unspecified atom stereocenters. The van der Waals surface area contributed by atoms with Crippen LogP contribution in [0.2, 0.25) is 0 Å². The summed E-state index contributed by atoms with van der Waals surface area (Å²) in [6.45, 7) is 4.14. The maximum Gasteiger partial charge on any atom is 0.266 e. The van der Waals surface area contributed by atoms with Gasteiger partial charge in [0.2, 0.25) is 0 Å². The van der Waals surface area contributed by atoms with E-state index in [-0.39, 0.29) is 11.5 Å². The fraction of sp³-hybridized carbons (Fsp3) is 0.333. The van der Waals surface area contributed by atoms with Crippen molar-refractivity contribution in [2.24, 2.45) is 0 Å². The van der Waals surface area contributed by atoms with E-state index < -0.39 is 0 Å². The van der Waals surface area contributed by atoms with Crippen LogP contribution in [0, 0.1) is 18.3 Å². The van der Waals surface area contributed by atoms with E-state index in [4.69, 9.17) is 10.00 Å². The molecular weight excluding hydrogens is 388 g/mol. The minimum absolute atomic E-state index is 0.158. The van der Waals surface area contributed by atoms with Gasteiger partial charge in [0.15, 0.2) is 0 Å². The second-order valence-electron chi connectivity index (χ2n) is 6.49. The fourth-order valence-corrected chi connectivity index (χ4v) is 4.30. The first-order valence-corrected chi connectivity index (χ1v) is 10.2. The molecule has 1 aromatic carbocycles. The van der Waals surface area contributed by atoms with Crippen molar-refractivity contribution in [3.8, 4) is 11.8 Å². The van der Waals surface area contributed by atoms with Crippen molar-refractivity contribution in [1.82, 2.24) is 9.55 Å². The lowest BCUT2D eigenvalue weighted by Crippen LogP contribution is -2.25. The zero-order valence-electron chi connectivity index (χ0n) is 16.6. The molecule has 0 saturated heterocycles. The molecule has 0 aliphatic rings. The third-order valence-electron chi connectivity index (χ3n) is 4.68. The van der Waals surface area contributed by atoms with E-state index >= 15 is 0 Å². The predicted octanol–water partition coefficient (Wildman–Crippen LogP) is 3.89. The highest BCUT2D eigenvalue weighted by Gasteiger charge is 2.21. The number of hydrogen-bond donors (Lipinski definition) is 1. The molecule has 7 nitrogen and oxygen atoms in total. The molecule has 0 radical (unpaired) electrons. The summed E-state index contributed by atoms with van der Waals surface area (Å²) in [5, 5.41) is 12.1. The Morgan fingerprint density at radius 1 is 1.38 bits per heavy atom. The van der Waals surface area contributed by atoms with Crippen LogP contribution in [0.5, 0.6) is 5.75 Å². The summed E-state index contributed by atoms with van der Waals surface area (Å²) < 4.78 is 6.91. The fourth-order valence-electron chi connectivity index (χ4n) is 3.22. The van der Waals surface area contributed by atoms with Gasteiger partial charge in [-0.1, -0.05) is 19.1 Å². The molecule has 1 amide bonds. The van der Waals surface area contributed by atoms with Crippen LogP contribution in [0.15, 0.2) is 29.1 Å². The number of aromatic nitrogens is 2. The van der Waals surface area contributed by atoms with Crippen LogP contribution in [0.3, 0.4) is 0 Å². The molecule has 0 atom stereocenters. The first-order chi connectivity index (χ1) is 14.0. The van der Waals surface area contributed by atoms with E-state index in [2.05, 4.69) is 16.4 Å². The summed E-state index contributed by atoms with van der Waals surface area (Å²) >= 11 is 1.22. The number of rotatable bonds is 7. The largest absolute Gasteiger partial charge is 0.495 e. The Morgan fingerprint density at radius 2 is 2.14 bits per heavy atom. The summed E-state index contributed by atoms with van der Waals surface area (Å²) in [4.78, 5) is 31.7. The normalized spacial score (nSPS) is 10.7. The molecule has 0 bridgehead atoms. The number of carbonyl (C=O) groups excluding carboxylic acids is 1. The highest BCUT2D eigenvalue weighted by atomic mass is 32.1. The Bertz CT molecular complexity index is 1160. The average Bonchev–Trinajstić information content (AvgIpc) is 3.06. The topological polar surface area (TPSA) is 97.0 Å². The van der Waals surface area contributed by atoms with Gasteiger partial charge in [-0.15, -0.1) is 11.3 Å². The van der Waals surface area contributed by atoms with Gasteiger partial charge in [-0.25, -0.2) is 4.98 Å². The van der Waals surface area contributed by atoms with E-state index in [1.807, 2.05) is 19.1 Å². The van der Waals surface area contributed by atoms with E-state index in [0.29, 0.717) is 63.7 Å². The molecule has 1 N–H and O–H groups in total. The number of anilines is 1. The Balaban J connectivity index is 2.03. The van der Waals surface area contributed by atoms with Gasteiger partial charge in [0, 0.05) is 19.4 Å². The summed E-state index contributed by atoms with van der Waals surface area (Å²) in [6, 6.07) is 9.26. The third kappa shape index (κ3) is 4.00. The molecule has 0 fully saturated rings. The van der Waals surface area contributed by atoms with Crippen molar-refractivity contribution in [3.63, 3.8) is 0 Å². The minimum Gasteiger partial charge on any atom is -0.495 e. The number of nitriles is 1. The van der Waals surface area contributed by atoms with Crippen molar-refractivity contribution < 1.29 is 9.53 Å². The minimum atomic E-state index is -0.302. The Kier molecular flexibility index (Phi) is 6.29. The number of benzene rings is 1. The molecule has 0 saturated carbocycles. The summed E-state index contributed by atoms with van der Waals surface area (Å²) in [5.41, 5.74) is 1.02. The van der Waals surface area contributed by atoms with Crippen molar-refractivity contribution >= 4 is 33.1 Å². The number of hydrogen-bond acceptors (Lipinski definition) is 6. The molecule has 3 aromatic rings. The molecule has 0 spiro atoms. The number of ether oxygens (including phenoxy) is 1. The van der Waals surface area contributed by atoms with Crippen LogP contribution in [0.1, 0.15) is 40.8 Å². The molecule has 2 heterocycles. The highest BCUT2D eigenvalue weighted by Crippen LogP contribution is 2.30. The van der Waals surface area contributed by atoms with Crippen molar-refractivity contribution in [1.29, 1.82) is 5.26 Å². The number of carbonyl (C=O) groups is 1. The quantitative estimate of drug-likeness (QED) is 0.596. The number of methoxy groups -OCH3 is 1. The molecular formula is C21H22N4O3S. The van der Waals surface area contributed by atoms with Gasteiger partial charge in [-0.3, -0.25) is 14.2 Å². The van der Waals surface area contributed by atoms with Crippen LogP contribution in [0.25, 0.3) is 10.2 Å². The van der Waals surface area contributed by atoms with Crippen LogP contribution in [-0.4, -0.2) is 22.6 Å². The van der Waals surface area contributed by atoms with Crippen molar-refractivity contribution in [3.05, 3.63) is 50.9 Å². The second kappa shape index (κ2) is 8.88. The average molecular weight is 410 g/mol. The Morgan fingerprint density at radius 3 is 2.83 bits per heavy atom. The lowest BCUT2D eigenvalue weighted by Gasteiger charge is -2.10. The highest BCUT2D eigenvalue weighted by molar-refractivity contribution is 7.20. The lowest BCUT2D eigenvalue weighted by atomic mass is 10.2. The predicted molar refractivity (Wildman–Crippen MR) is 114 cm³/mol. The molecule has 3 rings (SSSR count). The SMILES string of the molecule is CCc1nc2sc(C(=O)Nc3ccccc3OC)c(C)c2c(=O)n1CCCC#N.